The van der Waals surface area contributed by atoms with E-state index in [4.69, 9.17) is 32.7 Å². The molecular weight excluding hydrogens is 570 g/mol. The molecular formula is C28H24BrCl2FO4. The van der Waals surface area contributed by atoms with Crippen LogP contribution in [0.2, 0.25) is 10.0 Å². The predicted molar refractivity (Wildman–Crippen MR) is 142 cm³/mol. The van der Waals surface area contributed by atoms with Crippen molar-refractivity contribution in [2.24, 2.45) is 5.92 Å². The first-order chi connectivity index (χ1) is 17.1. The lowest BCUT2D eigenvalue weighted by Gasteiger charge is -2.43. The van der Waals surface area contributed by atoms with Crippen LogP contribution in [0, 0.1) is 11.7 Å². The summed E-state index contributed by atoms with van der Waals surface area (Å²) in [5.74, 6) is -1.35. The molecule has 188 valence electrons. The molecule has 36 heavy (non-hydrogen) atoms. The normalized spacial score (nSPS) is 21.7. The van der Waals surface area contributed by atoms with E-state index in [2.05, 4.69) is 22.5 Å². The summed E-state index contributed by atoms with van der Waals surface area (Å²) < 4.78 is 26.8. The Balaban J connectivity index is 1.84. The summed E-state index contributed by atoms with van der Waals surface area (Å²) in [6.07, 6.45) is -0.341. The Morgan fingerprint density at radius 3 is 2.47 bits per heavy atom. The summed E-state index contributed by atoms with van der Waals surface area (Å²) >= 11 is 16.2. The predicted octanol–water partition coefficient (Wildman–Crippen LogP) is 8.54. The van der Waals surface area contributed by atoms with Gasteiger partial charge in [-0.1, -0.05) is 59.6 Å². The average molecular weight is 594 g/mol. The van der Waals surface area contributed by atoms with Crippen molar-refractivity contribution >= 4 is 45.1 Å². The number of carbonyl (C=O) groups is 1. The maximum Gasteiger partial charge on any atom is 0.341 e. The van der Waals surface area contributed by atoms with Gasteiger partial charge in [0.05, 0.1) is 16.7 Å². The van der Waals surface area contributed by atoms with Crippen LogP contribution >= 0.6 is 39.1 Å². The van der Waals surface area contributed by atoms with E-state index in [1.54, 1.807) is 24.3 Å². The Kier molecular flexibility index (Phi) is 8.41. The second kappa shape index (κ2) is 11.3. The number of rotatable bonds is 7. The number of halogens is 4. The van der Waals surface area contributed by atoms with E-state index < -0.39 is 24.8 Å². The van der Waals surface area contributed by atoms with Gasteiger partial charge < -0.3 is 14.6 Å². The lowest BCUT2D eigenvalue weighted by Crippen LogP contribution is -2.32. The Bertz CT molecular complexity index is 1280. The highest BCUT2D eigenvalue weighted by Gasteiger charge is 2.42. The van der Waals surface area contributed by atoms with Gasteiger partial charge in [0.1, 0.15) is 11.6 Å². The van der Waals surface area contributed by atoms with Gasteiger partial charge in [-0.2, -0.15) is 0 Å². The van der Waals surface area contributed by atoms with Crippen molar-refractivity contribution in [3.05, 3.63) is 110 Å². The summed E-state index contributed by atoms with van der Waals surface area (Å²) in [7, 11) is 0. The SMILES string of the molecule is C=C(C)[C@H]1C[C@H](c2cccc(Cl)c2)[C@H](c2ccc(F)cc2)O[C@@H]1c1cc(Cl)cc(Br)c1OCC(=O)O. The zero-order chi connectivity index (χ0) is 26.0. The van der Waals surface area contributed by atoms with E-state index in [0.717, 1.165) is 16.7 Å². The number of ether oxygens (including phenoxy) is 2. The zero-order valence-electron chi connectivity index (χ0n) is 19.4. The van der Waals surface area contributed by atoms with E-state index >= 15 is 0 Å². The highest BCUT2D eigenvalue weighted by atomic mass is 79.9. The summed E-state index contributed by atoms with van der Waals surface area (Å²) in [6, 6.07) is 17.2. The second-order valence-electron chi connectivity index (χ2n) is 8.87. The van der Waals surface area contributed by atoms with Crippen molar-refractivity contribution in [2.45, 2.75) is 31.5 Å². The first-order valence-electron chi connectivity index (χ1n) is 11.3. The van der Waals surface area contributed by atoms with Gasteiger partial charge in [-0.05, 0) is 76.8 Å². The van der Waals surface area contributed by atoms with E-state index in [0.29, 0.717) is 32.3 Å². The number of hydrogen-bond donors (Lipinski definition) is 1. The first kappa shape index (κ1) is 26.7. The molecule has 4 nitrogen and oxygen atoms in total. The van der Waals surface area contributed by atoms with Crippen molar-refractivity contribution in [1.82, 2.24) is 0 Å². The Morgan fingerprint density at radius 2 is 1.83 bits per heavy atom. The van der Waals surface area contributed by atoms with Gasteiger partial charge in [0.15, 0.2) is 6.61 Å². The summed E-state index contributed by atoms with van der Waals surface area (Å²) in [6.45, 7) is 5.64. The fourth-order valence-corrected chi connectivity index (χ4v) is 5.85. The zero-order valence-corrected chi connectivity index (χ0v) is 22.5. The van der Waals surface area contributed by atoms with Gasteiger partial charge >= 0.3 is 5.97 Å². The van der Waals surface area contributed by atoms with Crippen LogP contribution in [-0.4, -0.2) is 17.7 Å². The quantitative estimate of drug-likeness (QED) is 0.279. The number of carboxylic acid groups (broad SMARTS) is 1. The highest BCUT2D eigenvalue weighted by Crippen LogP contribution is 2.54. The standard InChI is InChI=1S/C28H24BrCl2FO4/c1-15(2)21-13-22(17-4-3-5-18(30)10-17)26(16-6-8-20(32)9-7-16)36-27(21)23-11-19(31)12-24(29)28(23)35-14-25(33)34/h3-12,21-22,26-27H,1,13-14H2,2H3,(H,33,34)/t21-,22-,26+,27+/m1/s1. The van der Waals surface area contributed by atoms with Crippen molar-refractivity contribution < 1.29 is 23.8 Å². The minimum absolute atomic E-state index is 0.0990. The molecule has 0 unspecified atom stereocenters. The Hall–Kier alpha value is -2.38. The molecule has 1 aliphatic rings. The third-order valence-electron chi connectivity index (χ3n) is 6.32. The monoisotopic (exact) mass is 592 g/mol. The van der Waals surface area contributed by atoms with Gasteiger partial charge in [0.2, 0.25) is 0 Å². The Morgan fingerprint density at radius 1 is 1.11 bits per heavy atom. The number of benzene rings is 3. The second-order valence-corrected chi connectivity index (χ2v) is 10.6. The van der Waals surface area contributed by atoms with Crippen LogP contribution in [0.25, 0.3) is 0 Å². The van der Waals surface area contributed by atoms with Gasteiger partial charge in [0, 0.05) is 27.4 Å². The number of aliphatic carboxylic acids is 1. The van der Waals surface area contributed by atoms with Crippen molar-refractivity contribution in [3.63, 3.8) is 0 Å². The maximum absolute atomic E-state index is 13.8. The molecule has 0 bridgehead atoms. The lowest BCUT2D eigenvalue weighted by molar-refractivity contribution is -0.139. The van der Waals surface area contributed by atoms with Gasteiger partial charge in [-0.15, -0.1) is 0 Å². The Labute approximate surface area is 227 Å². The molecule has 0 aliphatic carbocycles. The smallest absolute Gasteiger partial charge is 0.341 e. The average Bonchev–Trinajstić information content (AvgIpc) is 2.82. The van der Waals surface area contributed by atoms with Crippen LogP contribution in [-0.2, 0) is 9.53 Å². The molecule has 0 radical (unpaired) electrons. The molecule has 1 saturated heterocycles. The molecule has 0 saturated carbocycles. The van der Waals surface area contributed by atoms with Gasteiger partial charge in [-0.25, -0.2) is 9.18 Å². The lowest BCUT2D eigenvalue weighted by atomic mass is 9.74. The van der Waals surface area contributed by atoms with Crippen LogP contribution in [0.15, 0.2) is 77.3 Å². The van der Waals surface area contributed by atoms with Gasteiger partial charge in [-0.3, -0.25) is 0 Å². The molecule has 8 heteroatoms. The van der Waals surface area contributed by atoms with Crippen LogP contribution in [0.4, 0.5) is 4.39 Å². The molecule has 3 aromatic carbocycles. The molecule has 3 aromatic rings. The third kappa shape index (κ3) is 5.94. The summed E-state index contributed by atoms with van der Waals surface area (Å²) in [5, 5.41) is 10.3. The topological polar surface area (TPSA) is 55.8 Å². The molecule has 0 aromatic heterocycles. The molecule has 4 atom stereocenters. The molecule has 1 aliphatic heterocycles. The van der Waals surface area contributed by atoms with Crippen LogP contribution < -0.4 is 4.74 Å². The minimum atomic E-state index is -1.10. The summed E-state index contributed by atoms with van der Waals surface area (Å²) in [5.41, 5.74) is 3.31. The molecule has 1 heterocycles. The molecule has 0 spiro atoms. The van der Waals surface area contributed by atoms with Crippen LogP contribution in [0.1, 0.15) is 48.2 Å². The molecule has 0 amide bonds. The molecule has 1 N–H and O–H groups in total. The minimum Gasteiger partial charge on any atom is -0.480 e. The first-order valence-corrected chi connectivity index (χ1v) is 12.8. The number of hydrogen-bond acceptors (Lipinski definition) is 3. The number of carboxylic acids is 1. The third-order valence-corrected chi connectivity index (χ3v) is 7.37. The van der Waals surface area contributed by atoms with Crippen molar-refractivity contribution in [2.75, 3.05) is 6.61 Å². The van der Waals surface area contributed by atoms with E-state index in [9.17, 15) is 14.3 Å². The van der Waals surface area contributed by atoms with E-state index in [1.807, 2.05) is 31.2 Å². The van der Waals surface area contributed by atoms with E-state index in [1.165, 1.54) is 12.1 Å². The summed E-state index contributed by atoms with van der Waals surface area (Å²) in [4.78, 5) is 11.2. The van der Waals surface area contributed by atoms with Crippen LogP contribution in [0.3, 0.4) is 0 Å². The maximum atomic E-state index is 13.8. The highest BCUT2D eigenvalue weighted by molar-refractivity contribution is 9.10. The molecule has 1 fully saturated rings. The molecule has 4 rings (SSSR count). The van der Waals surface area contributed by atoms with Crippen molar-refractivity contribution in [3.8, 4) is 5.75 Å². The van der Waals surface area contributed by atoms with Crippen molar-refractivity contribution in [1.29, 1.82) is 0 Å². The fourth-order valence-electron chi connectivity index (χ4n) is 4.71. The fraction of sp³-hybridized carbons (Fsp3) is 0.250. The van der Waals surface area contributed by atoms with Crippen LogP contribution in [0.5, 0.6) is 5.75 Å². The van der Waals surface area contributed by atoms with Gasteiger partial charge in [0.25, 0.3) is 0 Å². The largest absolute Gasteiger partial charge is 0.480 e. The van der Waals surface area contributed by atoms with E-state index in [-0.39, 0.29) is 17.7 Å².